The zero-order chi connectivity index (χ0) is 9.84. The van der Waals surface area contributed by atoms with Crippen molar-refractivity contribution in [3.63, 3.8) is 0 Å². The first-order chi connectivity index (χ1) is 6.17. The minimum atomic E-state index is -0.848. The summed E-state index contributed by atoms with van der Waals surface area (Å²) in [6, 6.07) is 0.618. The number of nitrogens with two attached hydrogens (primary N) is 1. The van der Waals surface area contributed by atoms with Gasteiger partial charge in [-0.2, -0.15) is 0 Å². The van der Waals surface area contributed by atoms with E-state index in [2.05, 4.69) is 11.8 Å². The fourth-order valence-electron chi connectivity index (χ4n) is 1.99. The van der Waals surface area contributed by atoms with E-state index in [4.69, 9.17) is 10.8 Å². The molecule has 1 heterocycles. The van der Waals surface area contributed by atoms with Gasteiger partial charge in [0.05, 0.1) is 6.10 Å². The number of likely N-dealkylation sites (tertiary alicyclic amines) is 1. The molecule has 0 aliphatic carbocycles. The molecule has 4 heteroatoms. The number of β-amino-alcohol motifs (C(OH)–C–C–N with tert-alkyl or cyclic N) is 1. The second kappa shape index (κ2) is 4.88. The number of hydrogen-bond donors (Lipinski definition) is 2. The summed E-state index contributed by atoms with van der Waals surface area (Å²) in [4.78, 5) is 2.09. The van der Waals surface area contributed by atoms with Crippen LogP contribution in [0.3, 0.4) is 0 Å². The Bertz CT molecular complexity index is 157. The molecule has 0 aromatic heterocycles. The van der Waals surface area contributed by atoms with Crippen molar-refractivity contribution in [1.29, 1.82) is 0 Å². The maximum Gasteiger partial charge on any atom is 0.117 e. The van der Waals surface area contributed by atoms with Gasteiger partial charge in [0.25, 0.3) is 0 Å². The van der Waals surface area contributed by atoms with Crippen molar-refractivity contribution in [3.05, 3.63) is 0 Å². The predicted molar refractivity (Wildman–Crippen MR) is 50.2 cm³/mol. The molecule has 0 aromatic rings. The van der Waals surface area contributed by atoms with Crippen LogP contribution in [0.4, 0.5) is 4.39 Å². The Morgan fingerprint density at radius 2 is 2.38 bits per heavy atom. The lowest BCUT2D eigenvalue weighted by molar-refractivity contribution is 0.0832. The molecule has 3 nitrogen and oxygen atoms in total. The molecule has 0 spiro atoms. The van der Waals surface area contributed by atoms with Crippen molar-refractivity contribution >= 4 is 0 Å². The number of alkyl halides is 1. The highest BCUT2D eigenvalue weighted by molar-refractivity contribution is 4.87. The molecule has 1 aliphatic rings. The second-order valence-electron chi connectivity index (χ2n) is 3.82. The third-order valence-corrected chi connectivity index (χ3v) is 2.65. The normalized spacial score (nSPS) is 32.3. The van der Waals surface area contributed by atoms with Crippen LogP contribution >= 0.6 is 0 Å². The molecule has 1 rings (SSSR count). The Labute approximate surface area is 78.7 Å². The number of aliphatic hydroxyl groups is 1. The lowest BCUT2D eigenvalue weighted by atomic mass is 10.1. The van der Waals surface area contributed by atoms with E-state index in [1.807, 2.05) is 0 Å². The standard InChI is InChI=1S/C9H19FN2O/c1-2-8-3-7(11)5-12(8)6-9(13)4-10/h7-9,13H,2-6,11H2,1H3. The molecule has 0 amide bonds. The average molecular weight is 190 g/mol. The van der Waals surface area contributed by atoms with E-state index >= 15 is 0 Å². The average Bonchev–Trinajstić information content (AvgIpc) is 2.46. The monoisotopic (exact) mass is 190 g/mol. The van der Waals surface area contributed by atoms with Gasteiger partial charge in [-0.1, -0.05) is 6.92 Å². The molecule has 1 fully saturated rings. The van der Waals surface area contributed by atoms with E-state index in [0.717, 1.165) is 19.4 Å². The lowest BCUT2D eigenvalue weighted by Gasteiger charge is -2.24. The number of rotatable bonds is 4. The SMILES string of the molecule is CCC1CC(N)CN1CC(O)CF. The highest BCUT2D eigenvalue weighted by Gasteiger charge is 2.29. The van der Waals surface area contributed by atoms with Gasteiger partial charge < -0.3 is 10.8 Å². The minimum Gasteiger partial charge on any atom is -0.389 e. The topological polar surface area (TPSA) is 49.5 Å². The van der Waals surface area contributed by atoms with Crippen LogP contribution in [0.15, 0.2) is 0 Å². The zero-order valence-electron chi connectivity index (χ0n) is 8.12. The highest BCUT2D eigenvalue weighted by Crippen LogP contribution is 2.19. The maximum absolute atomic E-state index is 12.1. The summed E-state index contributed by atoms with van der Waals surface area (Å²) in [5.41, 5.74) is 5.79. The Morgan fingerprint density at radius 3 is 2.92 bits per heavy atom. The Kier molecular flexibility index (Phi) is 4.09. The van der Waals surface area contributed by atoms with Crippen LogP contribution in [-0.4, -0.2) is 48.0 Å². The van der Waals surface area contributed by atoms with E-state index in [9.17, 15) is 4.39 Å². The Balaban J connectivity index is 2.39. The van der Waals surface area contributed by atoms with Crippen molar-refractivity contribution in [1.82, 2.24) is 4.90 Å². The molecule has 1 aliphatic heterocycles. The molecule has 0 saturated carbocycles. The van der Waals surface area contributed by atoms with Crippen molar-refractivity contribution in [3.8, 4) is 0 Å². The Hall–Kier alpha value is -0.190. The van der Waals surface area contributed by atoms with E-state index in [1.165, 1.54) is 0 Å². The lowest BCUT2D eigenvalue weighted by Crippen LogP contribution is -2.37. The van der Waals surface area contributed by atoms with Gasteiger partial charge in [0.1, 0.15) is 6.67 Å². The first-order valence-corrected chi connectivity index (χ1v) is 4.91. The molecule has 0 bridgehead atoms. The molecule has 0 aromatic carbocycles. The minimum absolute atomic E-state index is 0.191. The fourth-order valence-corrected chi connectivity index (χ4v) is 1.99. The number of aliphatic hydroxyl groups excluding tert-OH is 1. The Morgan fingerprint density at radius 1 is 1.69 bits per heavy atom. The van der Waals surface area contributed by atoms with E-state index < -0.39 is 12.8 Å². The second-order valence-corrected chi connectivity index (χ2v) is 3.82. The van der Waals surface area contributed by atoms with Gasteiger partial charge in [-0.15, -0.1) is 0 Å². The number of hydrogen-bond acceptors (Lipinski definition) is 3. The quantitative estimate of drug-likeness (QED) is 0.662. The summed E-state index contributed by atoms with van der Waals surface area (Å²) >= 11 is 0. The van der Waals surface area contributed by atoms with E-state index in [-0.39, 0.29) is 6.04 Å². The molecule has 13 heavy (non-hydrogen) atoms. The summed E-state index contributed by atoms with van der Waals surface area (Å²) < 4.78 is 12.1. The summed E-state index contributed by atoms with van der Waals surface area (Å²) in [6.07, 6.45) is 1.14. The van der Waals surface area contributed by atoms with Gasteiger partial charge in [0.2, 0.25) is 0 Å². The predicted octanol–water partition coefficient (Wildman–Crippen LogP) is 0.128. The van der Waals surface area contributed by atoms with Crippen molar-refractivity contribution in [2.45, 2.75) is 38.0 Å². The third-order valence-electron chi connectivity index (χ3n) is 2.65. The highest BCUT2D eigenvalue weighted by atomic mass is 19.1. The van der Waals surface area contributed by atoms with Crippen LogP contribution in [0, 0.1) is 0 Å². The van der Waals surface area contributed by atoms with Crippen LogP contribution in [-0.2, 0) is 0 Å². The van der Waals surface area contributed by atoms with Crippen LogP contribution in [0.5, 0.6) is 0 Å². The molecule has 1 saturated heterocycles. The molecule has 3 unspecified atom stereocenters. The van der Waals surface area contributed by atoms with E-state index in [1.54, 1.807) is 0 Å². The van der Waals surface area contributed by atoms with Gasteiger partial charge >= 0.3 is 0 Å². The fraction of sp³-hybridized carbons (Fsp3) is 1.00. The van der Waals surface area contributed by atoms with Crippen molar-refractivity contribution in [2.75, 3.05) is 19.8 Å². The van der Waals surface area contributed by atoms with Crippen LogP contribution in [0.25, 0.3) is 0 Å². The van der Waals surface area contributed by atoms with Gasteiger partial charge in [-0.25, -0.2) is 4.39 Å². The van der Waals surface area contributed by atoms with Crippen molar-refractivity contribution in [2.24, 2.45) is 5.73 Å². The molecular weight excluding hydrogens is 171 g/mol. The maximum atomic E-state index is 12.1. The first kappa shape index (κ1) is 10.9. The van der Waals surface area contributed by atoms with Crippen LogP contribution in [0.1, 0.15) is 19.8 Å². The van der Waals surface area contributed by atoms with Crippen molar-refractivity contribution < 1.29 is 9.50 Å². The molecule has 3 N–H and O–H groups in total. The molecular formula is C9H19FN2O. The number of halogens is 1. The smallest absolute Gasteiger partial charge is 0.117 e. The summed E-state index contributed by atoms with van der Waals surface area (Å²) in [5, 5.41) is 9.16. The molecule has 3 atom stereocenters. The summed E-state index contributed by atoms with van der Waals surface area (Å²) in [7, 11) is 0. The number of nitrogens with zero attached hydrogens (tertiary/aromatic N) is 1. The first-order valence-electron chi connectivity index (χ1n) is 4.91. The molecule has 78 valence electrons. The van der Waals surface area contributed by atoms with Gasteiger partial charge in [0, 0.05) is 25.2 Å². The van der Waals surface area contributed by atoms with Crippen LogP contribution in [0.2, 0.25) is 0 Å². The van der Waals surface area contributed by atoms with Gasteiger partial charge in [-0.05, 0) is 12.8 Å². The van der Waals surface area contributed by atoms with E-state index in [0.29, 0.717) is 12.6 Å². The summed E-state index contributed by atoms with van der Waals surface area (Å²) in [6.45, 7) is 2.64. The van der Waals surface area contributed by atoms with Crippen LogP contribution < -0.4 is 5.73 Å². The summed E-state index contributed by atoms with van der Waals surface area (Å²) in [5.74, 6) is 0. The molecule has 0 radical (unpaired) electrons. The van der Waals surface area contributed by atoms with Gasteiger partial charge in [0.15, 0.2) is 0 Å². The third kappa shape index (κ3) is 2.90. The largest absolute Gasteiger partial charge is 0.389 e. The zero-order valence-corrected chi connectivity index (χ0v) is 8.12. The van der Waals surface area contributed by atoms with Gasteiger partial charge in [-0.3, -0.25) is 4.90 Å².